The summed E-state index contributed by atoms with van der Waals surface area (Å²) < 4.78 is 66.7. The van der Waals surface area contributed by atoms with Crippen LogP contribution in [0.15, 0.2) is 12.4 Å². The van der Waals surface area contributed by atoms with Gasteiger partial charge in [-0.25, -0.2) is 13.1 Å². The lowest BCUT2D eigenvalue weighted by Gasteiger charge is -2.29. The second kappa shape index (κ2) is 8.85. The molecule has 0 radical (unpaired) electrons. The first-order valence-corrected chi connectivity index (χ1v) is 10.1. The summed E-state index contributed by atoms with van der Waals surface area (Å²) in [6.07, 6.45) is 1.46. The van der Waals surface area contributed by atoms with Crippen LogP contribution in [0, 0.1) is 5.92 Å². The van der Waals surface area contributed by atoms with E-state index in [0.717, 1.165) is 31.9 Å². The topological polar surface area (TPSA) is 93.2 Å². The summed E-state index contributed by atoms with van der Waals surface area (Å²) >= 11 is 0. The number of hydrogen-bond acceptors (Lipinski definition) is 6. The number of rotatable bonds is 8. The Bertz CT molecular complexity index is 677. The van der Waals surface area contributed by atoms with Crippen molar-refractivity contribution in [1.82, 2.24) is 14.7 Å². The van der Waals surface area contributed by atoms with Crippen LogP contribution in [-0.4, -0.2) is 49.5 Å². The van der Waals surface area contributed by atoms with Crippen molar-refractivity contribution in [3.05, 3.63) is 12.4 Å². The lowest BCUT2D eigenvalue weighted by Crippen LogP contribution is -2.34. The Morgan fingerprint density at radius 3 is 2.54 bits per heavy atom. The highest BCUT2D eigenvalue weighted by Crippen LogP contribution is 2.26. The van der Waals surface area contributed by atoms with Crippen LogP contribution < -0.4 is 14.8 Å². The van der Waals surface area contributed by atoms with E-state index >= 15 is 0 Å². The van der Waals surface area contributed by atoms with Crippen molar-refractivity contribution >= 4 is 15.8 Å². The van der Waals surface area contributed by atoms with Gasteiger partial charge >= 0.3 is 6.18 Å². The first kappa shape index (κ1) is 20.7. The van der Waals surface area contributed by atoms with Gasteiger partial charge in [-0.1, -0.05) is 0 Å². The Morgan fingerprint density at radius 2 is 1.92 bits per heavy atom. The summed E-state index contributed by atoms with van der Waals surface area (Å²) in [5.74, 6) is 0.520. The SMILES string of the molecule is CCS(=O)(=O)NCC1CCC(Nc2cncc(OCC(F)(F)F)n2)CC1. The van der Waals surface area contributed by atoms with E-state index in [0.29, 0.717) is 12.4 Å². The van der Waals surface area contributed by atoms with Gasteiger partial charge in [0.15, 0.2) is 6.61 Å². The molecule has 1 aliphatic carbocycles. The summed E-state index contributed by atoms with van der Waals surface area (Å²) in [6, 6.07) is 0.112. The average molecular weight is 396 g/mol. The number of anilines is 1. The van der Waals surface area contributed by atoms with Crippen LogP contribution >= 0.6 is 0 Å². The molecule has 0 aliphatic heterocycles. The summed E-state index contributed by atoms with van der Waals surface area (Å²) in [6.45, 7) is 0.615. The highest BCUT2D eigenvalue weighted by atomic mass is 32.2. The number of sulfonamides is 1. The van der Waals surface area contributed by atoms with E-state index in [4.69, 9.17) is 0 Å². The van der Waals surface area contributed by atoms with Crippen molar-refractivity contribution in [2.75, 3.05) is 24.2 Å². The molecule has 0 aromatic carbocycles. The second-order valence-electron chi connectivity index (χ2n) is 6.26. The fourth-order valence-corrected chi connectivity index (χ4v) is 3.40. The van der Waals surface area contributed by atoms with Crippen LogP contribution in [0.4, 0.5) is 19.0 Å². The second-order valence-corrected chi connectivity index (χ2v) is 8.36. The maximum Gasteiger partial charge on any atom is 0.422 e. The molecule has 1 aromatic heterocycles. The van der Waals surface area contributed by atoms with E-state index in [2.05, 4.69) is 24.7 Å². The summed E-state index contributed by atoms with van der Waals surface area (Å²) in [4.78, 5) is 7.82. The van der Waals surface area contributed by atoms with Gasteiger partial charge in [0.25, 0.3) is 0 Å². The molecule has 7 nitrogen and oxygen atoms in total. The normalized spacial score (nSPS) is 21.4. The fraction of sp³-hybridized carbons (Fsp3) is 0.733. The molecule has 1 saturated carbocycles. The maximum absolute atomic E-state index is 12.2. The molecule has 11 heteroatoms. The van der Waals surface area contributed by atoms with Crippen molar-refractivity contribution < 1.29 is 26.3 Å². The van der Waals surface area contributed by atoms with E-state index < -0.39 is 22.8 Å². The average Bonchev–Trinajstić information content (AvgIpc) is 2.59. The Kier molecular flexibility index (Phi) is 7.04. The third kappa shape index (κ3) is 7.32. The molecule has 26 heavy (non-hydrogen) atoms. The molecule has 0 unspecified atom stereocenters. The minimum Gasteiger partial charge on any atom is -0.467 e. The van der Waals surface area contributed by atoms with Gasteiger partial charge in [0.05, 0.1) is 18.1 Å². The molecule has 0 spiro atoms. The molecule has 0 atom stereocenters. The highest BCUT2D eigenvalue weighted by Gasteiger charge is 2.29. The Morgan fingerprint density at radius 1 is 1.23 bits per heavy atom. The molecule has 148 valence electrons. The molecular weight excluding hydrogens is 373 g/mol. The fourth-order valence-electron chi connectivity index (χ4n) is 2.71. The molecule has 0 amide bonds. The summed E-state index contributed by atoms with van der Waals surface area (Å²) in [7, 11) is -3.18. The van der Waals surface area contributed by atoms with Gasteiger partial charge < -0.3 is 10.1 Å². The Hall–Kier alpha value is -1.62. The third-order valence-corrected chi connectivity index (χ3v) is 5.53. The monoisotopic (exact) mass is 396 g/mol. The van der Waals surface area contributed by atoms with E-state index in [1.165, 1.54) is 6.20 Å². The molecule has 1 fully saturated rings. The Balaban J connectivity index is 1.78. The van der Waals surface area contributed by atoms with Gasteiger partial charge in [-0.2, -0.15) is 18.2 Å². The predicted molar refractivity (Wildman–Crippen MR) is 90.4 cm³/mol. The molecule has 1 aromatic rings. The predicted octanol–water partition coefficient (Wildman–Crippen LogP) is 2.33. The quantitative estimate of drug-likeness (QED) is 0.701. The van der Waals surface area contributed by atoms with E-state index in [1.807, 2.05) is 0 Å². The summed E-state index contributed by atoms with van der Waals surface area (Å²) in [5, 5.41) is 3.15. The highest BCUT2D eigenvalue weighted by molar-refractivity contribution is 7.89. The Labute approximate surface area is 150 Å². The smallest absolute Gasteiger partial charge is 0.422 e. The van der Waals surface area contributed by atoms with Gasteiger partial charge in [-0.15, -0.1) is 0 Å². The van der Waals surface area contributed by atoms with Crippen LogP contribution in [0.25, 0.3) is 0 Å². The number of nitrogens with zero attached hydrogens (tertiary/aromatic N) is 2. The van der Waals surface area contributed by atoms with Crippen LogP contribution in [0.5, 0.6) is 5.88 Å². The van der Waals surface area contributed by atoms with Gasteiger partial charge in [0.2, 0.25) is 15.9 Å². The number of alkyl halides is 3. The van der Waals surface area contributed by atoms with E-state index in [9.17, 15) is 21.6 Å². The van der Waals surface area contributed by atoms with Gasteiger partial charge in [0, 0.05) is 12.6 Å². The molecular formula is C15H23F3N4O3S. The molecule has 2 N–H and O–H groups in total. The van der Waals surface area contributed by atoms with Gasteiger partial charge in [0.1, 0.15) is 5.82 Å². The number of hydrogen-bond donors (Lipinski definition) is 2. The standard InChI is InChI=1S/C15H23F3N4O3S/c1-2-26(23,24)20-7-11-3-5-12(6-4-11)21-13-8-19-9-14(22-13)25-10-15(16,17)18/h8-9,11-12,20H,2-7,10H2,1H3,(H,21,22). The van der Waals surface area contributed by atoms with Crippen molar-refractivity contribution in [2.24, 2.45) is 5.92 Å². The number of nitrogens with one attached hydrogen (secondary N) is 2. The first-order chi connectivity index (χ1) is 12.2. The van der Waals surface area contributed by atoms with Crippen molar-refractivity contribution in [3.8, 4) is 5.88 Å². The minimum absolute atomic E-state index is 0.0648. The van der Waals surface area contributed by atoms with Gasteiger partial charge in [-0.05, 0) is 38.5 Å². The molecule has 1 aliphatic rings. The number of aromatic nitrogens is 2. The van der Waals surface area contributed by atoms with Crippen LogP contribution in [-0.2, 0) is 10.0 Å². The van der Waals surface area contributed by atoms with E-state index in [1.54, 1.807) is 6.92 Å². The van der Waals surface area contributed by atoms with E-state index in [-0.39, 0.29) is 23.6 Å². The third-order valence-electron chi connectivity index (χ3n) is 4.17. The first-order valence-electron chi connectivity index (χ1n) is 8.42. The van der Waals surface area contributed by atoms with Crippen molar-refractivity contribution in [2.45, 2.75) is 44.8 Å². The van der Waals surface area contributed by atoms with Crippen LogP contribution in [0.1, 0.15) is 32.6 Å². The number of ether oxygens (including phenoxy) is 1. The zero-order chi connectivity index (χ0) is 19.2. The molecule has 1 heterocycles. The van der Waals surface area contributed by atoms with Crippen molar-refractivity contribution in [1.29, 1.82) is 0 Å². The van der Waals surface area contributed by atoms with Gasteiger partial charge in [-0.3, -0.25) is 4.98 Å². The van der Waals surface area contributed by atoms with Crippen LogP contribution in [0.2, 0.25) is 0 Å². The minimum atomic E-state index is -4.43. The summed E-state index contributed by atoms with van der Waals surface area (Å²) in [5.41, 5.74) is 0. The maximum atomic E-state index is 12.2. The zero-order valence-electron chi connectivity index (χ0n) is 14.4. The van der Waals surface area contributed by atoms with Crippen molar-refractivity contribution in [3.63, 3.8) is 0 Å². The molecule has 0 saturated heterocycles. The largest absolute Gasteiger partial charge is 0.467 e. The molecule has 2 rings (SSSR count). The van der Waals surface area contributed by atoms with Crippen LogP contribution in [0.3, 0.4) is 0 Å². The number of halogens is 3. The molecule has 0 bridgehead atoms. The zero-order valence-corrected chi connectivity index (χ0v) is 15.2. The lowest BCUT2D eigenvalue weighted by molar-refractivity contribution is -0.154. The lowest BCUT2D eigenvalue weighted by atomic mass is 9.86.